The third-order valence-corrected chi connectivity index (χ3v) is 5.37. The number of anilines is 1. The molecule has 0 aliphatic rings. The Kier molecular flexibility index (Phi) is 5.80. The molecule has 0 aliphatic carbocycles. The highest BCUT2D eigenvalue weighted by molar-refractivity contribution is 8.14. The standard InChI is InChI=1S/C17H17NO4S2/c1-12-6-8-15(9-7-12)18-24(21,22)16-5-3-4-14(10-16)17(20)11-23-13(2)19/h3-10,18H,11H2,1-2H3. The highest BCUT2D eigenvalue weighted by Gasteiger charge is 2.17. The summed E-state index contributed by atoms with van der Waals surface area (Å²) < 4.78 is 27.4. The van der Waals surface area contributed by atoms with Crippen LogP contribution in [0.15, 0.2) is 53.4 Å². The first-order valence-corrected chi connectivity index (χ1v) is 9.61. The second-order valence-electron chi connectivity index (χ2n) is 5.20. The summed E-state index contributed by atoms with van der Waals surface area (Å²) in [5.41, 5.74) is 1.73. The molecule has 7 heteroatoms. The van der Waals surface area contributed by atoms with Crippen LogP contribution in [-0.4, -0.2) is 25.1 Å². The van der Waals surface area contributed by atoms with Gasteiger partial charge in [0, 0.05) is 18.2 Å². The van der Waals surface area contributed by atoms with Crippen molar-refractivity contribution in [3.63, 3.8) is 0 Å². The van der Waals surface area contributed by atoms with Gasteiger partial charge in [0.2, 0.25) is 0 Å². The molecule has 1 N–H and O–H groups in total. The average molecular weight is 363 g/mol. The molecule has 0 aromatic heterocycles. The molecule has 0 aliphatic heterocycles. The summed E-state index contributed by atoms with van der Waals surface area (Å²) in [6.45, 7) is 3.29. The van der Waals surface area contributed by atoms with Gasteiger partial charge in [0.05, 0.1) is 10.6 Å². The third kappa shape index (κ3) is 4.94. The molecular weight excluding hydrogens is 346 g/mol. The molecule has 0 bridgehead atoms. The van der Waals surface area contributed by atoms with Crippen LogP contribution in [0.1, 0.15) is 22.8 Å². The highest BCUT2D eigenvalue weighted by Crippen LogP contribution is 2.18. The maximum absolute atomic E-state index is 12.4. The van der Waals surface area contributed by atoms with Crippen LogP contribution in [0.3, 0.4) is 0 Å². The zero-order valence-corrected chi connectivity index (χ0v) is 14.9. The van der Waals surface area contributed by atoms with Crippen molar-refractivity contribution in [2.75, 3.05) is 10.5 Å². The topological polar surface area (TPSA) is 80.3 Å². The number of aryl methyl sites for hydroxylation is 1. The Morgan fingerprint density at radius 3 is 2.38 bits per heavy atom. The predicted octanol–water partition coefficient (Wildman–Crippen LogP) is 3.26. The monoisotopic (exact) mass is 363 g/mol. The summed E-state index contributed by atoms with van der Waals surface area (Å²) in [6.07, 6.45) is 0. The largest absolute Gasteiger partial charge is 0.293 e. The Balaban J connectivity index is 2.21. The summed E-state index contributed by atoms with van der Waals surface area (Å²) in [7, 11) is -3.79. The second kappa shape index (κ2) is 7.63. The van der Waals surface area contributed by atoms with Gasteiger partial charge in [0.1, 0.15) is 0 Å². The molecule has 0 saturated carbocycles. The van der Waals surface area contributed by atoms with Gasteiger partial charge in [-0.1, -0.05) is 41.6 Å². The summed E-state index contributed by atoms with van der Waals surface area (Å²) in [4.78, 5) is 23.0. The number of hydrogen-bond acceptors (Lipinski definition) is 5. The zero-order valence-electron chi connectivity index (χ0n) is 13.3. The lowest BCUT2D eigenvalue weighted by molar-refractivity contribution is -0.109. The van der Waals surface area contributed by atoms with Crippen LogP contribution in [0.5, 0.6) is 0 Å². The lowest BCUT2D eigenvalue weighted by Crippen LogP contribution is -2.14. The highest BCUT2D eigenvalue weighted by atomic mass is 32.2. The molecule has 24 heavy (non-hydrogen) atoms. The Bertz CT molecular complexity index is 858. The molecular formula is C17H17NO4S2. The third-order valence-electron chi connectivity index (χ3n) is 3.18. The second-order valence-corrected chi connectivity index (χ2v) is 8.04. The van der Waals surface area contributed by atoms with E-state index in [0.717, 1.165) is 17.3 Å². The van der Waals surface area contributed by atoms with Crippen molar-refractivity contribution in [2.24, 2.45) is 0 Å². The van der Waals surface area contributed by atoms with E-state index in [1.54, 1.807) is 24.3 Å². The normalized spacial score (nSPS) is 11.1. The van der Waals surface area contributed by atoms with Crippen molar-refractivity contribution in [1.82, 2.24) is 0 Å². The van der Waals surface area contributed by atoms with Crippen LogP contribution < -0.4 is 4.72 Å². The van der Waals surface area contributed by atoms with E-state index in [2.05, 4.69) is 4.72 Å². The van der Waals surface area contributed by atoms with Gasteiger partial charge in [0.25, 0.3) is 10.0 Å². The average Bonchev–Trinajstić information content (AvgIpc) is 2.54. The molecule has 0 amide bonds. The molecule has 5 nitrogen and oxygen atoms in total. The van der Waals surface area contributed by atoms with E-state index in [9.17, 15) is 18.0 Å². The molecule has 0 atom stereocenters. The number of sulfonamides is 1. The van der Waals surface area contributed by atoms with Gasteiger partial charge in [-0.15, -0.1) is 0 Å². The van der Waals surface area contributed by atoms with Crippen LogP contribution in [-0.2, 0) is 14.8 Å². The van der Waals surface area contributed by atoms with Gasteiger partial charge < -0.3 is 0 Å². The van der Waals surface area contributed by atoms with Gasteiger partial charge in [-0.2, -0.15) is 0 Å². The number of carbonyl (C=O) groups is 2. The van der Waals surface area contributed by atoms with E-state index in [1.807, 2.05) is 6.92 Å². The molecule has 0 unspecified atom stereocenters. The van der Waals surface area contributed by atoms with E-state index >= 15 is 0 Å². The minimum Gasteiger partial charge on any atom is -0.293 e. The minimum absolute atomic E-state index is 0.00162. The van der Waals surface area contributed by atoms with Gasteiger partial charge >= 0.3 is 0 Å². The fraction of sp³-hybridized carbons (Fsp3) is 0.176. The van der Waals surface area contributed by atoms with Crippen LogP contribution in [0, 0.1) is 6.92 Å². The Labute approximate surface area is 145 Å². The minimum atomic E-state index is -3.79. The maximum Gasteiger partial charge on any atom is 0.261 e. The molecule has 0 fully saturated rings. The molecule has 2 aromatic rings. The van der Waals surface area contributed by atoms with E-state index in [1.165, 1.54) is 31.2 Å². The fourth-order valence-electron chi connectivity index (χ4n) is 1.92. The Morgan fingerprint density at radius 1 is 1.08 bits per heavy atom. The SMILES string of the molecule is CC(=O)SCC(=O)c1cccc(S(=O)(=O)Nc2ccc(C)cc2)c1. The summed E-state index contributed by atoms with van der Waals surface area (Å²) in [5.74, 6) is -0.299. The van der Waals surface area contributed by atoms with Crippen LogP contribution in [0.4, 0.5) is 5.69 Å². The van der Waals surface area contributed by atoms with E-state index in [-0.39, 0.29) is 27.1 Å². The first-order chi connectivity index (χ1) is 11.3. The number of thioether (sulfide) groups is 1. The van der Waals surface area contributed by atoms with Crippen LogP contribution in [0.25, 0.3) is 0 Å². The summed E-state index contributed by atoms with van der Waals surface area (Å²) in [6, 6.07) is 12.7. The number of Topliss-reactive ketones (excluding diaryl/α,β-unsaturated/α-hetero) is 1. The molecule has 0 heterocycles. The van der Waals surface area contributed by atoms with Gasteiger partial charge in [-0.3, -0.25) is 14.3 Å². The lowest BCUT2D eigenvalue weighted by Gasteiger charge is -2.09. The maximum atomic E-state index is 12.4. The van der Waals surface area contributed by atoms with E-state index < -0.39 is 10.0 Å². The number of carbonyl (C=O) groups excluding carboxylic acids is 2. The van der Waals surface area contributed by atoms with Crippen LogP contribution in [0.2, 0.25) is 0 Å². The number of ketones is 1. The fourth-order valence-corrected chi connectivity index (χ4v) is 3.53. The van der Waals surface area contributed by atoms with Crippen molar-refractivity contribution in [2.45, 2.75) is 18.7 Å². The first-order valence-electron chi connectivity index (χ1n) is 7.14. The predicted molar refractivity (Wildman–Crippen MR) is 95.9 cm³/mol. The zero-order chi connectivity index (χ0) is 17.7. The lowest BCUT2D eigenvalue weighted by atomic mass is 10.1. The van der Waals surface area contributed by atoms with Crippen molar-refractivity contribution in [1.29, 1.82) is 0 Å². The molecule has 2 aromatic carbocycles. The van der Waals surface area contributed by atoms with Crippen LogP contribution >= 0.6 is 11.8 Å². The molecule has 0 radical (unpaired) electrons. The van der Waals surface area contributed by atoms with E-state index in [4.69, 9.17) is 0 Å². The van der Waals surface area contributed by atoms with Crippen molar-refractivity contribution in [3.8, 4) is 0 Å². The quantitative estimate of drug-likeness (QED) is 0.797. The van der Waals surface area contributed by atoms with E-state index in [0.29, 0.717) is 5.69 Å². The molecule has 126 valence electrons. The summed E-state index contributed by atoms with van der Waals surface area (Å²) in [5, 5.41) is -0.159. The molecule has 0 saturated heterocycles. The number of benzene rings is 2. The Morgan fingerprint density at radius 2 is 1.75 bits per heavy atom. The van der Waals surface area contributed by atoms with Crippen molar-refractivity contribution in [3.05, 3.63) is 59.7 Å². The Hall–Kier alpha value is -2.12. The smallest absolute Gasteiger partial charge is 0.261 e. The molecule has 2 rings (SSSR count). The molecule has 0 spiro atoms. The number of hydrogen-bond donors (Lipinski definition) is 1. The van der Waals surface area contributed by atoms with Crippen molar-refractivity contribution < 1.29 is 18.0 Å². The first kappa shape index (κ1) is 18.2. The van der Waals surface area contributed by atoms with Gasteiger partial charge in [0.15, 0.2) is 10.9 Å². The van der Waals surface area contributed by atoms with Gasteiger partial charge in [-0.25, -0.2) is 8.42 Å². The van der Waals surface area contributed by atoms with Crippen molar-refractivity contribution >= 4 is 38.4 Å². The summed E-state index contributed by atoms with van der Waals surface area (Å²) >= 11 is 0.898. The van der Waals surface area contributed by atoms with Gasteiger partial charge in [-0.05, 0) is 31.2 Å². The number of nitrogens with one attached hydrogen (secondary N) is 1. The number of rotatable bonds is 6.